The number of thioether (sulfide) groups is 1. The molecule has 1 unspecified atom stereocenters. The summed E-state index contributed by atoms with van der Waals surface area (Å²) in [5.41, 5.74) is -0.336. The van der Waals surface area contributed by atoms with Crippen LogP contribution in [0.5, 0.6) is 0 Å². The van der Waals surface area contributed by atoms with Crippen LogP contribution in [-0.4, -0.2) is 17.3 Å². The average Bonchev–Trinajstić information content (AvgIpc) is 2.20. The van der Waals surface area contributed by atoms with E-state index in [4.69, 9.17) is 10.00 Å². The van der Waals surface area contributed by atoms with Gasteiger partial charge in [-0.1, -0.05) is 0 Å². The second kappa shape index (κ2) is 3.36. The van der Waals surface area contributed by atoms with E-state index >= 15 is 0 Å². The van der Waals surface area contributed by atoms with E-state index in [0.29, 0.717) is 5.75 Å². The molecule has 1 fully saturated rings. The predicted molar refractivity (Wildman–Crippen MR) is 46.3 cm³/mol. The Morgan fingerprint density at radius 3 is 2.92 bits per heavy atom. The van der Waals surface area contributed by atoms with Crippen molar-refractivity contribution in [2.45, 2.75) is 25.9 Å². The Kier molecular flexibility index (Phi) is 2.63. The number of nitriles is 1. The Hall–Kier alpha value is -0.690. The fraction of sp³-hybridized carbons (Fsp3) is 0.750. The Bertz CT molecular complexity index is 232. The molecule has 1 aliphatic heterocycles. The van der Waals surface area contributed by atoms with Gasteiger partial charge in [0.25, 0.3) is 0 Å². The van der Waals surface area contributed by atoms with E-state index in [2.05, 4.69) is 0 Å². The maximum Gasteiger partial charge on any atom is 0.310 e. The molecular weight excluding hydrogens is 174 g/mol. The molecule has 1 heterocycles. The Morgan fingerprint density at radius 2 is 2.50 bits per heavy atom. The van der Waals surface area contributed by atoms with E-state index < -0.39 is 0 Å². The lowest BCUT2D eigenvalue weighted by molar-refractivity contribution is -0.148. The molecule has 0 amide bonds. The van der Waals surface area contributed by atoms with Crippen LogP contribution in [0.2, 0.25) is 0 Å². The van der Waals surface area contributed by atoms with Gasteiger partial charge in [-0.3, -0.25) is 4.79 Å². The van der Waals surface area contributed by atoms with Gasteiger partial charge < -0.3 is 4.74 Å². The quantitative estimate of drug-likeness (QED) is 0.483. The first-order valence-corrected chi connectivity index (χ1v) is 4.77. The Labute approximate surface area is 76.1 Å². The molecule has 0 spiro atoms. The Morgan fingerprint density at radius 1 is 1.83 bits per heavy atom. The van der Waals surface area contributed by atoms with Gasteiger partial charge in [0.15, 0.2) is 0 Å². The standard InChI is InChI=1S/C8H11NO2S/c1-8(2)3-6(4-12-5-9)7(10)11-8/h6H,3-4H2,1-2H3. The van der Waals surface area contributed by atoms with Gasteiger partial charge in [0.1, 0.15) is 11.0 Å². The minimum atomic E-state index is -0.336. The van der Waals surface area contributed by atoms with Crippen LogP contribution in [0.25, 0.3) is 0 Å². The van der Waals surface area contributed by atoms with E-state index in [-0.39, 0.29) is 17.5 Å². The highest BCUT2D eigenvalue weighted by Crippen LogP contribution is 2.31. The van der Waals surface area contributed by atoms with Crippen LogP contribution in [0.3, 0.4) is 0 Å². The van der Waals surface area contributed by atoms with Crippen molar-refractivity contribution in [2.75, 3.05) is 5.75 Å². The molecule has 1 rings (SSSR count). The van der Waals surface area contributed by atoms with Gasteiger partial charge >= 0.3 is 5.97 Å². The third-order valence-corrected chi connectivity index (χ3v) is 2.50. The fourth-order valence-electron chi connectivity index (χ4n) is 1.34. The van der Waals surface area contributed by atoms with Gasteiger partial charge in [-0.25, -0.2) is 0 Å². The van der Waals surface area contributed by atoms with Gasteiger partial charge in [-0.05, 0) is 25.6 Å². The van der Waals surface area contributed by atoms with Crippen molar-refractivity contribution in [3.63, 3.8) is 0 Å². The highest BCUT2D eigenvalue weighted by atomic mass is 32.2. The molecule has 1 aliphatic rings. The van der Waals surface area contributed by atoms with Crippen LogP contribution in [-0.2, 0) is 9.53 Å². The SMILES string of the molecule is CC1(C)CC(CSC#N)C(=O)O1. The first-order valence-electron chi connectivity index (χ1n) is 3.79. The molecule has 0 N–H and O–H groups in total. The van der Waals surface area contributed by atoms with Crippen molar-refractivity contribution in [1.29, 1.82) is 5.26 Å². The van der Waals surface area contributed by atoms with Crippen LogP contribution in [0, 0.1) is 16.6 Å². The molecule has 12 heavy (non-hydrogen) atoms. The molecule has 0 aliphatic carbocycles. The second-order valence-electron chi connectivity index (χ2n) is 3.48. The van der Waals surface area contributed by atoms with E-state index in [1.54, 1.807) is 0 Å². The lowest BCUT2D eigenvalue weighted by atomic mass is 9.99. The molecule has 0 aromatic carbocycles. The third-order valence-electron chi connectivity index (χ3n) is 1.80. The number of esters is 1. The van der Waals surface area contributed by atoms with Gasteiger partial charge in [0.2, 0.25) is 0 Å². The number of cyclic esters (lactones) is 1. The first-order chi connectivity index (χ1) is 5.55. The van der Waals surface area contributed by atoms with Crippen molar-refractivity contribution in [1.82, 2.24) is 0 Å². The van der Waals surface area contributed by atoms with E-state index in [0.717, 1.165) is 18.2 Å². The molecule has 0 bridgehead atoms. The zero-order valence-electron chi connectivity index (χ0n) is 7.16. The van der Waals surface area contributed by atoms with Crippen molar-refractivity contribution in [2.24, 2.45) is 5.92 Å². The molecular formula is C8H11NO2S. The number of rotatable bonds is 2. The summed E-state index contributed by atoms with van der Waals surface area (Å²) in [5, 5.41) is 10.3. The zero-order chi connectivity index (χ0) is 9.19. The van der Waals surface area contributed by atoms with Gasteiger partial charge in [0, 0.05) is 12.2 Å². The number of thiocyanates is 1. The number of nitrogens with zero attached hydrogens (tertiary/aromatic N) is 1. The normalized spacial score (nSPS) is 26.4. The maximum absolute atomic E-state index is 11.2. The number of hydrogen-bond donors (Lipinski definition) is 0. The zero-order valence-corrected chi connectivity index (χ0v) is 7.98. The minimum absolute atomic E-state index is 0.0929. The number of hydrogen-bond acceptors (Lipinski definition) is 4. The molecule has 3 nitrogen and oxygen atoms in total. The summed E-state index contributed by atoms with van der Waals surface area (Å²) in [5.74, 6) is 0.297. The maximum atomic E-state index is 11.2. The molecule has 0 aromatic heterocycles. The minimum Gasteiger partial charge on any atom is -0.459 e. The summed E-state index contributed by atoms with van der Waals surface area (Å²) in [7, 11) is 0. The largest absolute Gasteiger partial charge is 0.459 e. The first kappa shape index (κ1) is 9.40. The Balaban J connectivity index is 2.48. The van der Waals surface area contributed by atoms with Gasteiger partial charge in [-0.15, -0.1) is 0 Å². The van der Waals surface area contributed by atoms with E-state index in [9.17, 15) is 4.79 Å². The highest BCUT2D eigenvalue weighted by molar-refractivity contribution is 8.03. The monoisotopic (exact) mass is 185 g/mol. The summed E-state index contributed by atoms with van der Waals surface area (Å²) in [4.78, 5) is 11.2. The molecule has 0 aromatic rings. The summed E-state index contributed by atoms with van der Waals surface area (Å²) in [6.07, 6.45) is 0.723. The smallest absolute Gasteiger partial charge is 0.310 e. The van der Waals surface area contributed by atoms with E-state index in [1.165, 1.54) is 0 Å². The van der Waals surface area contributed by atoms with Crippen LogP contribution >= 0.6 is 11.8 Å². The van der Waals surface area contributed by atoms with Gasteiger partial charge in [-0.2, -0.15) is 5.26 Å². The van der Waals surface area contributed by atoms with Crippen LogP contribution < -0.4 is 0 Å². The molecule has 1 atom stereocenters. The van der Waals surface area contributed by atoms with Crippen molar-refractivity contribution < 1.29 is 9.53 Å². The van der Waals surface area contributed by atoms with Crippen molar-refractivity contribution >= 4 is 17.7 Å². The second-order valence-corrected chi connectivity index (χ2v) is 4.29. The van der Waals surface area contributed by atoms with Gasteiger partial charge in [0.05, 0.1) is 5.92 Å². The van der Waals surface area contributed by atoms with Crippen molar-refractivity contribution in [3.8, 4) is 5.40 Å². The van der Waals surface area contributed by atoms with Crippen LogP contribution in [0.1, 0.15) is 20.3 Å². The summed E-state index contributed by atoms with van der Waals surface area (Å²) in [6, 6.07) is 0. The van der Waals surface area contributed by atoms with Crippen molar-refractivity contribution in [3.05, 3.63) is 0 Å². The third kappa shape index (κ3) is 2.15. The number of carbonyl (C=O) groups excluding carboxylic acids is 1. The topological polar surface area (TPSA) is 50.1 Å². The molecule has 66 valence electrons. The molecule has 0 radical (unpaired) electrons. The molecule has 4 heteroatoms. The highest BCUT2D eigenvalue weighted by Gasteiger charge is 2.39. The van der Waals surface area contributed by atoms with E-state index in [1.807, 2.05) is 19.2 Å². The fourth-order valence-corrected chi connectivity index (χ4v) is 1.87. The molecule has 0 saturated carbocycles. The lowest BCUT2D eigenvalue weighted by Gasteiger charge is -2.14. The van der Waals surface area contributed by atoms with Crippen LogP contribution in [0.4, 0.5) is 0 Å². The summed E-state index contributed by atoms with van der Waals surface area (Å²) < 4.78 is 5.10. The lowest BCUT2D eigenvalue weighted by Crippen LogP contribution is -2.17. The summed E-state index contributed by atoms with van der Waals surface area (Å²) >= 11 is 1.11. The number of ether oxygens (including phenoxy) is 1. The van der Waals surface area contributed by atoms with Crippen LogP contribution in [0.15, 0.2) is 0 Å². The average molecular weight is 185 g/mol. The summed E-state index contributed by atoms with van der Waals surface area (Å²) in [6.45, 7) is 3.78. The predicted octanol–water partition coefficient (Wildman–Crippen LogP) is 1.54. The number of carbonyl (C=O) groups is 1. The molecule has 1 saturated heterocycles.